The molecule has 0 radical (unpaired) electrons. The van der Waals surface area contributed by atoms with E-state index in [1.165, 1.54) is 25.5 Å². The van der Waals surface area contributed by atoms with E-state index in [9.17, 15) is 0 Å². The highest BCUT2D eigenvalue weighted by Crippen LogP contribution is 2.33. The fraction of sp³-hybridized carbons (Fsp3) is 0.357. The minimum absolute atomic E-state index is 0.144. The molecule has 0 amide bonds. The summed E-state index contributed by atoms with van der Waals surface area (Å²) < 4.78 is 20.6. The third kappa shape index (κ3) is 7.32. The van der Waals surface area contributed by atoms with Crippen LogP contribution in [0.5, 0.6) is 5.75 Å². The minimum Gasteiger partial charge on any atom is -0.465 e. The average Bonchev–Trinajstić information content (AvgIpc) is 2.85. The first-order valence-corrected chi connectivity index (χ1v) is 13.7. The van der Waals surface area contributed by atoms with Gasteiger partial charge in [0.05, 0.1) is 19.3 Å². The van der Waals surface area contributed by atoms with Crippen molar-refractivity contribution in [2.45, 2.75) is 50.9 Å². The molecule has 3 aromatic carbocycles. The third-order valence-corrected chi connectivity index (χ3v) is 8.49. The van der Waals surface area contributed by atoms with E-state index in [-0.39, 0.29) is 27.5 Å². The summed E-state index contributed by atoms with van der Waals surface area (Å²) in [7, 11) is 0. The second kappa shape index (κ2) is 12.4. The highest BCUT2D eigenvalue weighted by Gasteiger charge is 2.22. The Morgan fingerprint density at radius 2 is 1.38 bits per heavy atom. The molecule has 0 N–H and O–H groups in total. The van der Waals surface area contributed by atoms with Gasteiger partial charge in [-0.25, -0.2) is 0 Å². The van der Waals surface area contributed by atoms with Crippen LogP contribution in [0.4, 0.5) is 0 Å². The van der Waals surface area contributed by atoms with Crippen LogP contribution in [0.15, 0.2) is 84.9 Å². The maximum atomic E-state index is 6.06. The molecule has 168 valence electrons. The van der Waals surface area contributed by atoms with Crippen LogP contribution < -0.4 is 25.9 Å². The van der Waals surface area contributed by atoms with Gasteiger partial charge in [0.25, 0.3) is 0 Å². The quantitative estimate of drug-likeness (QED) is 0.223. The van der Waals surface area contributed by atoms with Crippen LogP contribution >= 0.6 is 0 Å². The van der Waals surface area contributed by atoms with Gasteiger partial charge in [0.15, 0.2) is 13.4 Å². The predicted molar refractivity (Wildman–Crippen MR) is 124 cm³/mol. The average molecular weight is 543 g/mol. The number of rotatable bonds is 10. The van der Waals surface area contributed by atoms with E-state index in [2.05, 4.69) is 72.8 Å². The Bertz CT molecular complexity index is 906. The van der Waals surface area contributed by atoms with E-state index in [0.717, 1.165) is 18.6 Å². The molecule has 4 heteroatoms. The van der Waals surface area contributed by atoms with Crippen molar-refractivity contribution < 1.29 is 35.4 Å². The molecule has 1 unspecified atom stereocenters. The molecule has 0 saturated heterocycles. The van der Waals surface area contributed by atoms with Gasteiger partial charge in [-0.3, -0.25) is 0 Å². The SMILES string of the molecule is CC(OCCOC1CCC(c2ccccc2)CC1)Oc1ccc([I+]c2ccccc2)cc1. The second-order valence-corrected chi connectivity index (χ2v) is 11.2. The largest absolute Gasteiger partial charge is 0.465 e. The van der Waals surface area contributed by atoms with Gasteiger partial charge in [-0.2, -0.15) is 0 Å². The van der Waals surface area contributed by atoms with E-state index >= 15 is 0 Å². The summed E-state index contributed by atoms with van der Waals surface area (Å²) >= 11 is -0.144. The normalized spacial score (nSPS) is 19.4. The molecule has 3 aromatic rings. The first-order chi connectivity index (χ1) is 15.8. The summed E-state index contributed by atoms with van der Waals surface area (Å²) in [5, 5.41) is 0. The molecule has 1 aliphatic rings. The molecule has 32 heavy (non-hydrogen) atoms. The zero-order chi connectivity index (χ0) is 22.0. The van der Waals surface area contributed by atoms with Gasteiger partial charge >= 0.3 is 21.2 Å². The van der Waals surface area contributed by atoms with E-state index in [1.807, 2.05) is 19.1 Å². The number of benzene rings is 3. The molecule has 4 rings (SSSR count). The van der Waals surface area contributed by atoms with E-state index in [1.54, 1.807) is 0 Å². The summed E-state index contributed by atoms with van der Waals surface area (Å²) in [5.74, 6) is 1.53. The zero-order valence-corrected chi connectivity index (χ0v) is 20.8. The fourth-order valence-corrected chi connectivity index (χ4v) is 6.34. The van der Waals surface area contributed by atoms with Crippen LogP contribution in [0.2, 0.25) is 0 Å². The summed E-state index contributed by atoms with van der Waals surface area (Å²) in [6.45, 7) is 3.11. The van der Waals surface area contributed by atoms with Gasteiger partial charge in [0.1, 0.15) is 5.75 Å². The molecule has 1 atom stereocenters. The van der Waals surface area contributed by atoms with Gasteiger partial charge in [-0.15, -0.1) is 0 Å². The molecule has 0 aliphatic heterocycles. The fourth-order valence-electron chi connectivity index (χ4n) is 4.12. The lowest BCUT2D eigenvalue weighted by atomic mass is 9.83. The lowest BCUT2D eigenvalue weighted by Gasteiger charge is -2.29. The summed E-state index contributed by atoms with van der Waals surface area (Å²) in [4.78, 5) is 0. The summed E-state index contributed by atoms with van der Waals surface area (Å²) in [5.41, 5.74) is 1.47. The van der Waals surface area contributed by atoms with Crippen molar-refractivity contribution in [3.05, 3.63) is 97.6 Å². The molecular weight excluding hydrogens is 511 g/mol. The Morgan fingerprint density at radius 3 is 2.06 bits per heavy atom. The Hall–Kier alpha value is -1.89. The first-order valence-electron chi connectivity index (χ1n) is 11.5. The summed E-state index contributed by atoms with van der Waals surface area (Å²) in [6, 6.07) is 29.9. The number of ether oxygens (including phenoxy) is 3. The van der Waals surface area contributed by atoms with Crippen molar-refractivity contribution in [1.82, 2.24) is 0 Å². The van der Waals surface area contributed by atoms with Crippen molar-refractivity contribution >= 4 is 0 Å². The Balaban J connectivity index is 1.11. The smallest absolute Gasteiger partial charge is 0.357 e. The Labute approximate surface area is 202 Å². The standard InChI is InChI=1S/C28H32IO3/c1-22(32-28-18-14-26(15-19-28)29-25-10-6-3-7-11-25)30-20-21-31-27-16-12-24(13-17-27)23-8-4-2-5-9-23/h2-11,14-15,18-19,22,24,27H,12-13,16-17,20-21H2,1H3/q+1. The zero-order valence-electron chi connectivity index (χ0n) is 18.7. The number of hydrogen-bond acceptors (Lipinski definition) is 3. The Kier molecular flexibility index (Phi) is 9.00. The highest BCUT2D eigenvalue weighted by molar-refractivity contribution is 5.21. The maximum Gasteiger partial charge on any atom is 0.357 e. The van der Waals surface area contributed by atoms with Gasteiger partial charge in [0.2, 0.25) is 0 Å². The molecule has 3 nitrogen and oxygen atoms in total. The second-order valence-electron chi connectivity index (χ2n) is 8.16. The van der Waals surface area contributed by atoms with Crippen LogP contribution in [-0.4, -0.2) is 25.6 Å². The lowest BCUT2D eigenvalue weighted by molar-refractivity contribution is -0.597. The van der Waals surface area contributed by atoms with Crippen molar-refractivity contribution in [2.75, 3.05) is 13.2 Å². The minimum atomic E-state index is -0.290. The van der Waals surface area contributed by atoms with Crippen LogP contribution in [0.3, 0.4) is 0 Å². The van der Waals surface area contributed by atoms with Crippen molar-refractivity contribution in [3.8, 4) is 5.75 Å². The topological polar surface area (TPSA) is 27.7 Å². The van der Waals surface area contributed by atoms with Crippen molar-refractivity contribution in [3.63, 3.8) is 0 Å². The van der Waals surface area contributed by atoms with Gasteiger partial charge in [-0.1, -0.05) is 48.5 Å². The third-order valence-electron chi connectivity index (χ3n) is 5.80. The molecule has 1 saturated carbocycles. The van der Waals surface area contributed by atoms with E-state index in [0.29, 0.717) is 25.2 Å². The van der Waals surface area contributed by atoms with Crippen molar-refractivity contribution in [2.24, 2.45) is 0 Å². The van der Waals surface area contributed by atoms with E-state index in [4.69, 9.17) is 14.2 Å². The molecule has 1 aliphatic carbocycles. The molecule has 0 heterocycles. The molecule has 1 fully saturated rings. The molecular formula is C28H32IO3+. The Morgan fingerprint density at radius 1 is 0.750 bits per heavy atom. The summed E-state index contributed by atoms with van der Waals surface area (Å²) in [6.07, 6.45) is 4.74. The van der Waals surface area contributed by atoms with E-state index < -0.39 is 0 Å². The molecule has 0 spiro atoms. The van der Waals surface area contributed by atoms with Crippen LogP contribution in [-0.2, 0) is 9.47 Å². The monoisotopic (exact) mass is 543 g/mol. The van der Waals surface area contributed by atoms with Gasteiger partial charge < -0.3 is 14.2 Å². The highest BCUT2D eigenvalue weighted by atomic mass is 127. The maximum absolute atomic E-state index is 6.06. The first kappa shape index (κ1) is 23.3. The predicted octanol–water partition coefficient (Wildman–Crippen LogP) is 3.30. The van der Waals surface area contributed by atoms with Crippen LogP contribution in [0.25, 0.3) is 0 Å². The van der Waals surface area contributed by atoms with Gasteiger partial charge in [0, 0.05) is 0 Å². The number of hydrogen-bond donors (Lipinski definition) is 0. The lowest BCUT2D eigenvalue weighted by Crippen LogP contribution is -3.61. The molecule has 0 aromatic heterocycles. The molecule has 0 bridgehead atoms. The van der Waals surface area contributed by atoms with Crippen LogP contribution in [0.1, 0.15) is 44.1 Å². The number of halogens is 1. The van der Waals surface area contributed by atoms with Crippen LogP contribution in [0, 0.1) is 7.14 Å². The van der Waals surface area contributed by atoms with Gasteiger partial charge in [-0.05, 0) is 80.5 Å². The van der Waals surface area contributed by atoms with Crippen molar-refractivity contribution in [1.29, 1.82) is 0 Å².